The number of nitrogens with zero attached hydrogens (tertiary/aromatic N) is 2. The Hall–Kier alpha value is -0.500. The van der Waals surface area contributed by atoms with Crippen molar-refractivity contribution in [1.82, 2.24) is 4.98 Å². The van der Waals surface area contributed by atoms with Gasteiger partial charge in [-0.1, -0.05) is 22.6 Å². The van der Waals surface area contributed by atoms with Crippen LogP contribution in [0.3, 0.4) is 0 Å². The summed E-state index contributed by atoms with van der Waals surface area (Å²) >= 11 is 5.15. The molecule has 0 atom stereocenters. The maximum Gasteiger partial charge on any atom is 0.294 e. The third-order valence-electron chi connectivity index (χ3n) is 1.32. The Balaban J connectivity index is 3.26. The van der Waals surface area contributed by atoms with Gasteiger partial charge in [-0.05, 0) is 32.2 Å². The fraction of sp³-hybridized carbons (Fsp3) is 0. The van der Waals surface area contributed by atoms with Crippen molar-refractivity contribution in [2.75, 3.05) is 0 Å². The largest absolute Gasteiger partial charge is 0.294 e. The molecule has 68 valence electrons. The Labute approximate surface area is 96.5 Å². The Morgan fingerprint density at radius 1 is 1.69 bits per heavy atom. The van der Waals surface area contributed by atoms with E-state index in [0.717, 1.165) is 0 Å². The van der Waals surface area contributed by atoms with Gasteiger partial charge in [0.1, 0.15) is 10.8 Å². The van der Waals surface area contributed by atoms with E-state index in [1.807, 2.05) is 22.6 Å². The van der Waals surface area contributed by atoms with Crippen LogP contribution in [0.25, 0.3) is 6.08 Å². The molecule has 0 N–H and O–H groups in total. The van der Waals surface area contributed by atoms with Crippen LogP contribution >= 0.6 is 38.5 Å². The molecular formula is C7H4BrIN2O2. The van der Waals surface area contributed by atoms with Gasteiger partial charge < -0.3 is 0 Å². The number of hydrogen-bond acceptors (Lipinski definition) is 3. The molecule has 0 bridgehead atoms. The van der Waals surface area contributed by atoms with Gasteiger partial charge in [0.15, 0.2) is 0 Å². The summed E-state index contributed by atoms with van der Waals surface area (Å²) in [6, 6.07) is 1.60. The Kier molecular flexibility index (Phi) is 3.79. The van der Waals surface area contributed by atoms with Crippen LogP contribution in [-0.4, -0.2) is 9.91 Å². The van der Waals surface area contributed by atoms with Crippen LogP contribution in [-0.2, 0) is 0 Å². The highest BCUT2D eigenvalue weighted by Crippen LogP contribution is 2.22. The minimum absolute atomic E-state index is 0.0103. The first-order valence-electron chi connectivity index (χ1n) is 3.22. The fourth-order valence-electron chi connectivity index (χ4n) is 0.791. The van der Waals surface area contributed by atoms with Crippen LogP contribution in [0.2, 0.25) is 0 Å². The summed E-state index contributed by atoms with van der Waals surface area (Å²) in [5, 5.41) is 10.5. The zero-order valence-corrected chi connectivity index (χ0v) is 10.0. The van der Waals surface area contributed by atoms with Crippen molar-refractivity contribution in [2.24, 2.45) is 0 Å². The van der Waals surface area contributed by atoms with Crippen molar-refractivity contribution < 1.29 is 4.92 Å². The number of halogens is 2. The fourth-order valence-corrected chi connectivity index (χ4v) is 1.53. The minimum Gasteiger partial charge on any atom is -0.258 e. The predicted molar refractivity (Wildman–Crippen MR) is 61.6 cm³/mol. The molecule has 4 nitrogen and oxygen atoms in total. The van der Waals surface area contributed by atoms with Gasteiger partial charge in [0.05, 0.1) is 10.5 Å². The second-order valence-electron chi connectivity index (χ2n) is 2.12. The highest BCUT2D eigenvalue weighted by Gasteiger charge is 2.11. The normalized spacial score (nSPS) is 10.6. The van der Waals surface area contributed by atoms with E-state index < -0.39 is 4.92 Å². The first-order chi connectivity index (χ1) is 6.15. The van der Waals surface area contributed by atoms with Gasteiger partial charge in [-0.15, -0.1) is 0 Å². The molecule has 0 aliphatic heterocycles. The van der Waals surface area contributed by atoms with E-state index in [2.05, 4.69) is 20.9 Å². The summed E-state index contributed by atoms with van der Waals surface area (Å²) in [6.45, 7) is 0. The highest BCUT2D eigenvalue weighted by atomic mass is 127. The molecular weight excluding hydrogens is 351 g/mol. The van der Waals surface area contributed by atoms with Crippen LogP contribution in [0.1, 0.15) is 5.56 Å². The molecule has 0 amide bonds. The minimum atomic E-state index is -0.453. The predicted octanol–water partition coefficient (Wildman–Crippen LogP) is 3.16. The molecule has 0 aliphatic carbocycles. The van der Waals surface area contributed by atoms with Crippen LogP contribution in [0.4, 0.5) is 5.69 Å². The molecule has 0 saturated carbocycles. The Morgan fingerprint density at radius 2 is 2.38 bits per heavy atom. The standard InChI is InChI=1S/C7H4BrIN2O2/c8-7-3-5(1-2-9)6(4-10-7)11(12)13/h1-4H. The molecule has 0 radical (unpaired) electrons. The van der Waals surface area contributed by atoms with Crippen molar-refractivity contribution in [3.63, 3.8) is 0 Å². The van der Waals surface area contributed by atoms with Gasteiger partial charge in [-0.2, -0.15) is 0 Å². The first-order valence-corrected chi connectivity index (χ1v) is 5.25. The van der Waals surface area contributed by atoms with Crippen LogP contribution in [0, 0.1) is 10.1 Å². The lowest BCUT2D eigenvalue weighted by Gasteiger charge is -1.96. The molecule has 0 spiro atoms. The third-order valence-corrected chi connectivity index (χ3v) is 2.11. The van der Waals surface area contributed by atoms with E-state index in [1.54, 1.807) is 16.2 Å². The number of aromatic nitrogens is 1. The zero-order chi connectivity index (χ0) is 9.84. The summed E-state index contributed by atoms with van der Waals surface area (Å²) in [7, 11) is 0. The Bertz CT molecular complexity index is 368. The van der Waals surface area contributed by atoms with E-state index >= 15 is 0 Å². The van der Waals surface area contributed by atoms with Crippen LogP contribution in [0.15, 0.2) is 20.9 Å². The molecule has 13 heavy (non-hydrogen) atoms. The van der Waals surface area contributed by atoms with Crippen LogP contribution in [0.5, 0.6) is 0 Å². The molecule has 0 saturated heterocycles. The van der Waals surface area contributed by atoms with Crippen molar-refractivity contribution in [3.05, 3.63) is 36.6 Å². The summed E-state index contributed by atoms with van der Waals surface area (Å²) in [5.41, 5.74) is 0.553. The summed E-state index contributed by atoms with van der Waals surface area (Å²) in [4.78, 5) is 13.9. The van der Waals surface area contributed by atoms with Crippen molar-refractivity contribution >= 4 is 50.3 Å². The average Bonchev–Trinajstić information content (AvgIpc) is 2.04. The smallest absolute Gasteiger partial charge is 0.258 e. The first kappa shape index (κ1) is 10.6. The molecule has 1 aromatic rings. The van der Waals surface area contributed by atoms with E-state index in [-0.39, 0.29) is 5.69 Å². The van der Waals surface area contributed by atoms with E-state index in [9.17, 15) is 10.1 Å². The lowest BCUT2D eigenvalue weighted by Crippen LogP contribution is -1.92. The molecule has 1 aromatic heterocycles. The molecule has 0 unspecified atom stereocenters. The van der Waals surface area contributed by atoms with E-state index in [0.29, 0.717) is 10.2 Å². The topological polar surface area (TPSA) is 56.0 Å². The third kappa shape index (κ3) is 2.73. The van der Waals surface area contributed by atoms with E-state index in [1.165, 1.54) is 6.20 Å². The molecule has 1 heterocycles. The van der Waals surface area contributed by atoms with Crippen LogP contribution < -0.4 is 0 Å². The highest BCUT2D eigenvalue weighted by molar-refractivity contribution is 14.1. The monoisotopic (exact) mass is 354 g/mol. The second-order valence-corrected chi connectivity index (χ2v) is 3.65. The van der Waals surface area contributed by atoms with Crippen molar-refractivity contribution in [1.29, 1.82) is 0 Å². The summed E-state index contributed by atoms with van der Waals surface area (Å²) < 4.78 is 2.30. The maximum atomic E-state index is 10.5. The number of nitro groups is 1. The van der Waals surface area contributed by atoms with Gasteiger partial charge in [-0.3, -0.25) is 10.1 Å². The van der Waals surface area contributed by atoms with Gasteiger partial charge in [0, 0.05) is 0 Å². The van der Waals surface area contributed by atoms with Crippen molar-refractivity contribution in [3.8, 4) is 0 Å². The molecule has 0 fully saturated rings. The second kappa shape index (κ2) is 4.66. The lowest BCUT2D eigenvalue weighted by molar-refractivity contribution is -0.385. The number of rotatable bonds is 2. The molecule has 6 heteroatoms. The van der Waals surface area contributed by atoms with Crippen molar-refractivity contribution in [2.45, 2.75) is 0 Å². The summed E-state index contributed by atoms with van der Waals surface area (Å²) in [6.07, 6.45) is 2.89. The zero-order valence-electron chi connectivity index (χ0n) is 6.28. The Morgan fingerprint density at radius 3 is 2.92 bits per heavy atom. The average molecular weight is 355 g/mol. The molecule has 1 rings (SSSR count). The molecule has 0 aliphatic rings. The molecule has 0 aromatic carbocycles. The van der Waals surface area contributed by atoms with E-state index in [4.69, 9.17) is 0 Å². The quantitative estimate of drug-likeness (QED) is 0.355. The maximum absolute atomic E-state index is 10.5. The number of hydrogen-bond donors (Lipinski definition) is 0. The van der Waals surface area contributed by atoms with Gasteiger partial charge in [0.25, 0.3) is 5.69 Å². The number of pyridine rings is 1. The lowest BCUT2D eigenvalue weighted by atomic mass is 10.2. The van der Waals surface area contributed by atoms with Gasteiger partial charge in [-0.25, -0.2) is 4.98 Å². The van der Waals surface area contributed by atoms with Gasteiger partial charge in [0.2, 0.25) is 0 Å². The SMILES string of the molecule is O=[N+]([O-])c1cnc(Br)cc1C=CI. The summed E-state index contributed by atoms with van der Waals surface area (Å²) in [5.74, 6) is 0. The van der Waals surface area contributed by atoms with Gasteiger partial charge >= 0.3 is 0 Å².